The van der Waals surface area contributed by atoms with Crippen LogP contribution in [0.15, 0.2) is 5.16 Å². The van der Waals surface area contributed by atoms with E-state index in [9.17, 15) is 0 Å². The molecular formula is C5H12N2O2. The number of hydrogen-bond donors (Lipinski definition) is 2. The van der Waals surface area contributed by atoms with Crippen molar-refractivity contribution in [1.29, 1.82) is 0 Å². The fraction of sp³-hybridized carbons (Fsp3) is 0.800. The molecule has 0 aromatic carbocycles. The summed E-state index contributed by atoms with van der Waals surface area (Å²) in [6, 6.07) is -0.163. The molecule has 54 valence electrons. The summed E-state index contributed by atoms with van der Waals surface area (Å²) in [5.41, 5.74) is 4.99. The van der Waals surface area contributed by atoms with E-state index in [0.717, 1.165) is 12.8 Å². The first-order valence-corrected chi connectivity index (χ1v) is 2.91. The first kappa shape index (κ1) is 8.07. The van der Waals surface area contributed by atoms with E-state index in [2.05, 4.69) is 5.16 Å². The Morgan fingerprint density at radius 1 is 1.78 bits per heavy atom. The van der Waals surface area contributed by atoms with Gasteiger partial charge < -0.3 is 15.7 Å². The first-order valence-electron chi connectivity index (χ1n) is 2.91. The molecule has 3 N–H and O–H groups in total. The van der Waals surface area contributed by atoms with Crippen molar-refractivity contribution < 1.29 is 9.94 Å². The van der Waals surface area contributed by atoms with Crippen LogP contribution in [0.4, 0.5) is 0 Å². The van der Waals surface area contributed by atoms with Gasteiger partial charge in [-0.2, -0.15) is 0 Å². The maximum atomic E-state index is 7.97. The Balaban J connectivity index is 3.07. The molecule has 0 fully saturated rings. The summed E-state index contributed by atoms with van der Waals surface area (Å²) >= 11 is 0. The minimum atomic E-state index is -0.163. The maximum Gasteiger partial charge on any atom is 0.321 e. The molecule has 0 unspecified atom stereocenters. The molecule has 0 amide bonds. The summed E-state index contributed by atoms with van der Waals surface area (Å²) in [6.07, 6.45) is 1.97. The zero-order valence-corrected chi connectivity index (χ0v) is 5.50. The number of oxime groups is 1. The molecule has 0 saturated carbocycles. The van der Waals surface area contributed by atoms with Gasteiger partial charge in [0.25, 0.3) is 0 Å². The lowest BCUT2D eigenvalue weighted by molar-refractivity contribution is 0.247. The number of nitrogens with zero attached hydrogens (tertiary/aromatic N) is 1. The van der Waals surface area contributed by atoms with Gasteiger partial charge in [-0.1, -0.05) is 13.3 Å². The first-order chi connectivity index (χ1) is 4.31. The quantitative estimate of drug-likeness (QED) is 0.193. The van der Waals surface area contributed by atoms with Crippen molar-refractivity contribution in [2.75, 3.05) is 6.61 Å². The van der Waals surface area contributed by atoms with Crippen LogP contribution in [0.5, 0.6) is 0 Å². The Kier molecular flexibility index (Phi) is 4.67. The lowest BCUT2D eigenvalue weighted by Crippen LogP contribution is -2.16. The average Bonchev–Trinajstić information content (AvgIpc) is 1.89. The highest BCUT2D eigenvalue weighted by molar-refractivity contribution is 5.70. The summed E-state index contributed by atoms with van der Waals surface area (Å²) in [5.74, 6) is 0. The van der Waals surface area contributed by atoms with Gasteiger partial charge in [0.05, 0.1) is 6.61 Å². The summed E-state index contributed by atoms with van der Waals surface area (Å²) in [4.78, 5) is 0. The fourth-order valence-electron chi connectivity index (χ4n) is 0.350. The van der Waals surface area contributed by atoms with E-state index < -0.39 is 0 Å². The van der Waals surface area contributed by atoms with Gasteiger partial charge in [0.15, 0.2) is 0 Å². The number of rotatable bonds is 3. The Morgan fingerprint density at radius 3 is 2.89 bits per heavy atom. The van der Waals surface area contributed by atoms with Crippen LogP contribution in [0.2, 0.25) is 0 Å². The normalized spacial score (nSPS) is 11.4. The van der Waals surface area contributed by atoms with Crippen molar-refractivity contribution in [3.8, 4) is 0 Å². The third kappa shape index (κ3) is 4.93. The predicted octanol–water partition coefficient (Wildman–Crippen LogP) is 0.507. The summed E-state index contributed by atoms with van der Waals surface area (Å²) < 4.78 is 4.71. The highest BCUT2D eigenvalue weighted by Gasteiger charge is 1.89. The van der Waals surface area contributed by atoms with Gasteiger partial charge in [0, 0.05) is 0 Å². The Morgan fingerprint density at radius 2 is 2.44 bits per heavy atom. The Bertz CT molecular complexity index is 93.0. The van der Waals surface area contributed by atoms with Gasteiger partial charge >= 0.3 is 6.02 Å². The van der Waals surface area contributed by atoms with E-state index in [0.29, 0.717) is 6.61 Å². The number of ether oxygens (including phenoxy) is 1. The molecule has 0 saturated heterocycles. The van der Waals surface area contributed by atoms with Crippen LogP contribution in [0.1, 0.15) is 19.8 Å². The number of amidine groups is 1. The van der Waals surface area contributed by atoms with E-state index in [1.807, 2.05) is 6.92 Å². The third-order valence-corrected chi connectivity index (χ3v) is 0.846. The average molecular weight is 132 g/mol. The predicted molar refractivity (Wildman–Crippen MR) is 34.3 cm³/mol. The molecular weight excluding hydrogens is 120 g/mol. The van der Waals surface area contributed by atoms with E-state index in [1.165, 1.54) is 0 Å². The van der Waals surface area contributed by atoms with Crippen LogP contribution in [0, 0.1) is 0 Å². The summed E-state index contributed by atoms with van der Waals surface area (Å²) in [6.45, 7) is 2.56. The SMILES string of the molecule is CCCCO/C(N)=N/O. The third-order valence-electron chi connectivity index (χ3n) is 0.846. The van der Waals surface area contributed by atoms with Crippen molar-refractivity contribution in [3.05, 3.63) is 0 Å². The molecule has 0 bridgehead atoms. The molecule has 0 aromatic rings. The monoisotopic (exact) mass is 132 g/mol. The highest BCUT2D eigenvalue weighted by atomic mass is 16.5. The largest absolute Gasteiger partial charge is 0.463 e. The molecule has 0 aliphatic heterocycles. The van der Waals surface area contributed by atoms with Gasteiger partial charge in [-0.25, -0.2) is 0 Å². The molecule has 0 aromatic heterocycles. The minimum Gasteiger partial charge on any atom is -0.463 e. The van der Waals surface area contributed by atoms with Crippen LogP contribution in [0.3, 0.4) is 0 Å². The van der Waals surface area contributed by atoms with Crippen LogP contribution < -0.4 is 5.73 Å². The smallest absolute Gasteiger partial charge is 0.321 e. The van der Waals surface area contributed by atoms with E-state index in [4.69, 9.17) is 15.7 Å². The van der Waals surface area contributed by atoms with Crippen molar-refractivity contribution >= 4 is 6.02 Å². The molecule has 0 heterocycles. The number of nitrogens with two attached hydrogens (primary N) is 1. The van der Waals surface area contributed by atoms with Crippen LogP contribution >= 0.6 is 0 Å². The summed E-state index contributed by atoms with van der Waals surface area (Å²) in [7, 11) is 0. The van der Waals surface area contributed by atoms with Crippen LogP contribution in [-0.2, 0) is 4.74 Å². The lowest BCUT2D eigenvalue weighted by Gasteiger charge is -1.99. The molecule has 0 spiro atoms. The molecule has 0 aliphatic rings. The second-order valence-corrected chi connectivity index (χ2v) is 1.64. The fourth-order valence-corrected chi connectivity index (χ4v) is 0.350. The van der Waals surface area contributed by atoms with E-state index >= 15 is 0 Å². The van der Waals surface area contributed by atoms with Crippen molar-refractivity contribution in [2.24, 2.45) is 10.9 Å². The van der Waals surface area contributed by atoms with Gasteiger partial charge in [-0.3, -0.25) is 0 Å². The zero-order valence-electron chi connectivity index (χ0n) is 5.50. The number of hydrogen-bond acceptors (Lipinski definition) is 3. The van der Waals surface area contributed by atoms with Gasteiger partial charge in [0.2, 0.25) is 0 Å². The Hall–Kier alpha value is -0.930. The standard InChI is InChI=1S/C5H12N2O2/c1-2-3-4-9-5(6)7-8/h8H,2-4H2,1H3,(H2,6,7). The molecule has 0 aliphatic carbocycles. The second-order valence-electron chi connectivity index (χ2n) is 1.64. The molecule has 0 rings (SSSR count). The molecule has 4 heteroatoms. The van der Waals surface area contributed by atoms with Crippen LogP contribution in [0.25, 0.3) is 0 Å². The van der Waals surface area contributed by atoms with Crippen molar-refractivity contribution in [3.63, 3.8) is 0 Å². The summed E-state index contributed by atoms with van der Waals surface area (Å²) in [5, 5.41) is 10.6. The second kappa shape index (κ2) is 5.21. The van der Waals surface area contributed by atoms with Gasteiger partial charge in [-0.05, 0) is 11.6 Å². The minimum absolute atomic E-state index is 0.163. The Labute approximate surface area is 54.3 Å². The van der Waals surface area contributed by atoms with E-state index in [1.54, 1.807) is 0 Å². The topological polar surface area (TPSA) is 67.8 Å². The lowest BCUT2D eigenvalue weighted by atomic mass is 10.4. The number of unbranched alkanes of at least 4 members (excludes halogenated alkanes) is 1. The zero-order chi connectivity index (χ0) is 7.11. The molecule has 9 heavy (non-hydrogen) atoms. The van der Waals surface area contributed by atoms with E-state index in [-0.39, 0.29) is 6.02 Å². The molecule has 0 atom stereocenters. The highest BCUT2D eigenvalue weighted by Crippen LogP contribution is 1.86. The van der Waals surface area contributed by atoms with Gasteiger partial charge in [-0.15, -0.1) is 0 Å². The van der Waals surface area contributed by atoms with Crippen molar-refractivity contribution in [2.45, 2.75) is 19.8 Å². The molecule has 4 nitrogen and oxygen atoms in total. The van der Waals surface area contributed by atoms with Gasteiger partial charge in [0.1, 0.15) is 0 Å². The molecule has 0 radical (unpaired) electrons. The van der Waals surface area contributed by atoms with Crippen LogP contribution in [-0.4, -0.2) is 17.8 Å². The van der Waals surface area contributed by atoms with Crippen molar-refractivity contribution in [1.82, 2.24) is 0 Å². The maximum absolute atomic E-state index is 7.97.